The minimum absolute atomic E-state index is 0.00383. The number of anilines is 1. The molecule has 1 aliphatic carbocycles. The van der Waals surface area contributed by atoms with E-state index in [4.69, 9.17) is 9.57 Å². The number of ether oxygens (including phenoxy) is 1. The third kappa shape index (κ3) is 3.09. The van der Waals surface area contributed by atoms with Crippen molar-refractivity contribution in [3.63, 3.8) is 0 Å². The smallest absolute Gasteiger partial charge is 0.341 e. The molecular formula is C21H24FN3O5. The predicted octanol–water partition coefficient (Wildman–Crippen LogP) is 3.03. The lowest BCUT2D eigenvalue weighted by atomic mass is 9.91. The Bertz CT molecular complexity index is 1130. The second-order valence-corrected chi connectivity index (χ2v) is 8.41. The van der Waals surface area contributed by atoms with Crippen LogP contribution in [0.2, 0.25) is 0 Å². The minimum atomic E-state index is -1.33. The van der Waals surface area contributed by atoms with E-state index in [0.29, 0.717) is 18.6 Å². The van der Waals surface area contributed by atoms with Gasteiger partial charge in [-0.25, -0.2) is 9.18 Å². The molecule has 2 aromatic rings. The number of pyridine rings is 1. The summed E-state index contributed by atoms with van der Waals surface area (Å²) in [5.74, 6) is -1.75. The van der Waals surface area contributed by atoms with Crippen LogP contribution in [0.4, 0.5) is 10.1 Å². The maximum Gasteiger partial charge on any atom is 0.341 e. The molecule has 160 valence electrons. The van der Waals surface area contributed by atoms with Crippen LogP contribution in [0.15, 0.2) is 22.2 Å². The largest absolute Gasteiger partial charge is 0.492 e. The first-order valence-corrected chi connectivity index (χ1v) is 9.73. The second-order valence-electron chi connectivity index (χ2n) is 8.41. The van der Waals surface area contributed by atoms with Gasteiger partial charge in [-0.3, -0.25) is 4.79 Å². The van der Waals surface area contributed by atoms with Gasteiger partial charge in [0.2, 0.25) is 5.43 Å². The van der Waals surface area contributed by atoms with E-state index in [0.717, 1.165) is 24.6 Å². The summed E-state index contributed by atoms with van der Waals surface area (Å²) in [6, 6.07) is 1.18. The Kier molecular flexibility index (Phi) is 4.71. The summed E-state index contributed by atoms with van der Waals surface area (Å²) in [7, 11) is 2.90. The van der Waals surface area contributed by atoms with E-state index >= 15 is 4.39 Å². The van der Waals surface area contributed by atoms with Crippen molar-refractivity contribution in [1.82, 2.24) is 4.57 Å². The molecule has 1 N–H and O–H groups in total. The van der Waals surface area contributed by atoms with Crippen LogP contribution in [0, 0.1) is 11.2 Å². The third-order valence-corrected chi connectivity index (χ3v) is 5.80. The molecule has 0 spiro atoms. The van der Waals surface area contributed by atoms with Crippen LogP contribution in [-0.2, 0) is 4.84 Å². The summed E-state index contributed by atoms with van der Waals surface area (Å²) in [6.07, 6.45) is 3.06. The molecule has 0 bridgehead atoms. The Morgan fingerprint density at radius 3 is 2.60 bits per heavy atom. The van der Waals surface area contributed by atoms with E-state index in [9.17, 15) is 14.7 Å². The first-order valence-electron chi connectivity index (χ1n) is 9.73. The highest BCUT2D eigenvalue weighted by Crippen LogP contribution is 2.45. The van der Waals surface area contributed by atoms with Crippen LogP contribution in [0.25, 0.3) is 10.9 Å². The molecule has 1 saturated carbocycles. The molecule has 1 aliphatic heterocycles. The summed E-state index contributed by atoms with van der Waals surface area (Å²) in [5, 5.41) is 13.5. The second kappa shape index (κ2) is 7.00. The van der Waals surface area contributed by atoms with Gasteiger partial charge in [0, 0.05) is 24.2 Å². The molecule has 0 atom stereocenters. The normalized spacial score (nSPS) is 19.5. The van der Waals surface area contributed by atoms with E-state index in [1.54, 1.807) is 4.57 Å². The van der Waals surface area contributed by atoms with E-state index in [1.165, 1.54) is 20.4 Å². The standard InChI is InChI=1S/C21H24FN3O5/c1-21(2)10-24(9-15(21)23-30-4)17-14(22)7-12-16(19(17)29-3)25(11-5-6-11)8-13(18(12)26)20(27)28/h7-8,11H,5-6,9-10H2,1-4H3,(H,27,28). The molecule has 2 fully saturated rings. The SMILES string of the molecule is CON=C1CN(c2c(F)cc3c(=O)c(C(=O)O)cn(C4CC4)c3c2OC)CC1(C)C. The first kappa shape index (κ1) is 20.2. The molecule has 4 rings (SSSR count). The predicted molar refractivity (Wildman–Crippen MR) is 110 cm³/mol. The van der Waals surface area contributed by atoms with E-state index in [-0.39, 0.29) is 33.8 Å². The van der Waals surface area contributed by atoms with Crippen molar-refractivity contribution in [2.75, 3.05) is 32.2 Å². The van der Waals surface area contributed by atoms with Gasteiger partial charge in [-0.1, -0.05) is 19.0 Å². The van der Waals surface area contributed by atoms with Gasteiger partial charge in [-0.2, -0.15) is 0 Å². The molecule has 2 aliphatic rings. The zero-order valence-corrected chi connectivity index (χ0v) is 17.4. The number of fused-ring (bicyclic) bond motifs is 1. The number of aromatic nitrogens is 1. The van der Waals surface area contributed by atoms with Crippen molar-refractivity contribution in [2.45, 2.75) is 32.7 Å². The average molecular weight is 417 g/mol. The summed E-state index contributed by atoms with van der Waals surface area (Å²) < 4.78 is 22.7. The van der Waals surface area contributed by atoms with E-state index in [2.05, 4.69) is 5.16 Å². The van der Waals surface area contributed by atoms with Gasteiger partial charge in [0.1, 0.15) is 18.4 Å². The van der Waals surface area contributed by atoms with Crippen molar-refractivity contribution in [1.29, 1.82) is 0 Å². The number of carboxylic acids is 1. The van der Waals surface area contributed by atoms with Crippen LogP contribution in [-0.4, -0.2) is 48.7 Å². The van der Waals surface area contributed by atoms with Gasteiger partial charge in [0.25, 0.3) is 0 Å². The number of aromatic carboxylic acids is 1. The quantitative estimate of drug-likeness (QED) is 0.752. The van der Waals surface area contributed by atoms with Gasteiger partial charge >= 0.3 is 5.97 Å². The van der Waals surface area contributed by atoms with Crippen molar-refractivity contribution in [3.8, 4) is 5.75 Å². The molecular weight excluding hydrogens is 393 g/mol. The molecule has 0 amide bonds. The van der Waals surface area contributed by atoms with Crippen molar-refractivity contribution in [2.24, 2.45) is 10.6 Å². The zero-order chi connectivity index (χ0) is 21.8. The fourth-order valence-corrected chi connectivity index (χ4v) is 4.16. The highest BCUT2D eigenvalue weighted by atomic mass is 19.1. The van der Waals surface area contributed by atoms with Gasteiger partial charge in [0.15, 0.2) is 11.6 Å². The molecule has 8 nitrogen and oxygen atoms in total. The number of oxime groups is 1. The Hall–Kier alpha value is -3.10. The number of carbonyl (C=O) groups is 1. The monoisotopic (exact) mass is 417 g/mol. The van der Waals surface area contributed by atoms with Gasteiger partial charge in [-0.05, 0) is 18.9 Å². The van der Waals surface area contributed by atoms with E-state index in [1.807, 2.05) is 18.7 Å². The van der Waals surface area contributed by atoms with Gasteiger partial charge in [-0.15, -0.1) is 0 Å². The lowest BCUT2D eigenvalue weighted by Crippen LogP contribution is -2.25. The van der Waals surface area contributed by atoms with E-state index < -0.39 is 17.2 Å². The topological polar surface area (TPSA) is 93.4 Å². The zero-order valence-electron chi connectivity index (χ0n) is 17.4. The van der Waals surface area contributed by atoms with Crippen LogP contribution in [0.5, 0.6) is 5.75 Å². The number of hydrogen-bond acceptors (Lipinski definition) is 6. The number of methoxy groups -OCH3 is 1. The number of benzene rings is 1. The summed E-state index contributed by atoms with van der Waals surface area (Å²) >= 11 is 0. The Labute approximate surface area is 172 Å². The molecule has 1 aromatic carbocycles. The lowest BCUT2D eigenvalue weighted by Gasteiger charge is -2.25. The van der Waals surface area contributed by atoms with Crippen molar-refractivity contribution < 1.29 is 23.9 Å². The highest BCUT2D eigenvalue weighted by Gasteiger charge is 2.40. The number of carboxylic acid groups (broad SMARTS) is 1. The molecule has 0 radical (unpaired) electrons. The maximum absolute atomic E-state index is 15.4. The highest BCUT2D eigenvalue weighted by molar-refractivity contribution is 6.00. The molecule has 0 unspecified atom stereocenters. The minimum Gasteiger partial charge on any atom is -0.492 e. The summed E-state index contributed by atoms with van der Waals surface area (Å²) in [5.41, 5.74) is -0.0157. The Morgan fingerprint density at radius 1 is 1.33 bits per heavy atom. The first-order chi connectivity index (χ1) is 14.2. The number of nitrogens with zero attached hydrogens (tertiary/aromatic N) is 3. The molecule has 1 saturated heterocycles. The summed E-state index contributed by atoms with van der Waals surface area (Å²) in [4.78, 5) is 31.1. The molecule has 2 heterocycles. The van der Waals surface area contributed by atoms with Crippen LogP contribution in [0.3, 0.4) is 0 Å². The number of hydrogen-bond donors (Lipinski definition) is 1. The summed E-state index contributed by atoms with van der Waals surface area (Å²) in [6.45, 7) is 4.82. The third-order valence-electron chi connectivity index (χ3n) is 5.80. The van der Waals surface area contributed by atoms with Crippen LogP contribution >= 0.6 is 0 Å². The molecule has 1 aromatic heterocycles. The van der Waals surface area contributed by atoms with Crippen molar-refractivity contribution >= 4 is 28.3 Å². The fraction of sp³-hybridized carbons (Fsp3) is 0.476. The fourth-order valence-electron chi connectivity index (χ4n) is 4.16. The maximum atomic E-state index is 15.4. The van der Waals surface area contributed by atoms with Gasteiger partial charge in [0.05, 0.1) is 30.3 Å². The molecule has 30 heavy (non-hydrogen) atoms. The Morgan fingerprint density at radius 2 is 2.03 bits per heavy atom. The number of rotatable bonds is 5. The lowest BCUT2D eigenvalue weighted by molar-refractivity contribution is 0.0695. The average Bonchev–Trinajstić information content (AvgIpc) is 3.47. The Balaban J connectivity index is 1.99. The van der Waals surface area contributed by atoms with Crippen molar-refractivity contribution in [3.05, 3.63) is 33.9 Å². The number of halogens is 1. The molecule has 9 heteroatoms. The van der Waals surface area contributed by atoms with Gasteiger partial charge < -0.3 is 24.1 Å². The van der Waals surface area contributed by atoms with Crippen LogP contribution < -0.4 is 15.1 Å². The van der Waals surface area contributed by atoms with Crippen LogP contribution in [0.1, 0.15) is 43.1 Å².